The minimum absolute atomic E-state index is 0.0389. The standard InChI is InChI=1S/C16H10ClF3O5/c1-23-15(22)14(21)12-7-6-11(8-13(12)25-16(18,19)20)24-10-4-2-9(17)3-5-10/h2-8H,1H3. The van der Waals surface area contributed by atoms with Crippen molar-refractivity contribution in [2.75, 3.05) is 7.11 Å². The summed E-state index contributed by atoms with van der Waals surface area (Å²) in [6, 6.07) is 9.09. The van der Waals surface area contributed by atoms with Crippen LogP contribution in [0.4, 0.5) is 13.2 Å². The second kappa shape index (κ2) is 7.43. The van der Waals surface area contributed by atoms with Gasteiger partial charge >= 0.3 is 12.3 Å². The Labute approximate surface area is 144 Å². The highest BCUT2D eigenvalue weighted by Crippen LogP contribution is 2.33. The molecule has 0 unspecified atom stereocenters. The number of carbonyl (C=O) groups is 2. The number of Topliss-reactive ketones (excluding diaryl/α,β-unsaturated/α-hetero) is 1. The smallest absolute Gasteiger partial charge is 0.463 e. The van der Waals surface area contributed by atoms with Crippen LogP contribution in [0.3, 0.4) is 0 Å². The van der Waals surface area contributed by atoms with Crippen LogP contribution in [0.5, 0.6) is 17.2 Å². The number of hydrogen-bond donors (Lipinski definition) is 0. The lowest BCUT2D eigenvalue weighted by molar-refractivity contribution is -0.274. The minimum atomic E-state index is -5.07. The molecule has 5 nitrogen and oxygen atoms in total. The zero-order chi connectivity index (χ0) is 18.6. The van der Waals surface area contributed by atoms with Crippen LogP contribution < -0.4 is 9.47 Å². The average molecular weight is 375 g/mol. The van der Waals surface area contributed by atoms with Crippen molar-refractivity contribution < 1.29 is 37.0 Å². The molecule has 0 aliphatic rings. The SMILES string of the molecule is COC(=O)C(=O)c1ccc(Oc2ccc(Cl)cc2)cc1OC(F)(F)F. The fourth-order valence-corrected chi connectivity index (χ4v) is 1.93. The summed E-state index contributed by atoms with van der Waals surface area (Å²) in [5.74, 6) is -3.22. The van der Waals surface area contributed by atoms with Gasteiger partial charge in [0.05, 0.1) is 12.7 Å². The fourth-order valence-electron chi connectivity index (χ4n) is 1.80. The Bertz CT molecular complexity index is 787. The number of alkyl halides is 3. The second-order valence-corrected chi connectivity index (χ2v) is 5.02. The summed E-state index contributed by atoms with van der Waals surface area (Å²) < 4.78 is 51.1. The van der Waals surface area contributed by atoms with Crippen LogP contribution in [0.2, 0.25) is 5.02 Å². The lowest BCUT2D eigenvalue weighted by Gasteiger charge is -2.14. The maximum absolute atomic E-state index is 12.6. The van der Waals surface area contributed by atoms with E-state index in [1.165, 1.54) is 30.3 Å². The third kappa shape index (κ3) is 5.12. The van der Waals surface area contributed by atoms with E-state index in [1.54, 1.807) is 0 Å². The third-order valence-electron chi connectivity index (χ3n) is 2.84. The molecule has 0 amide bonds. The first-order valence-electron chi connectivity index (χ1n) is 6.65. The quantitative estimate of drug-likeness (QED) is 0.441. The molecule has 132 valence electrons. The van der Waals surface area contributed by atoms with Crippen LogP contribution >= 0.6 is 11.6 Å². The zero-order valence-corrected chi connectivity index (χ0v) is 13.4. The summed E-state index contributed by atoms with van der Waals surface area (Å²) in [7, 11) is 0.933. The van der Waals surface area contributed by atoms with E-state index in [0.717, 1.165) is 19.2 Å². The summed E-state index contributed by atoms with van der Waals surface area (Å²) in [4.78, 5) is 23.1. The Morgan fingerprint density at radius 2 is 1.60 bits per heavy atom. The van der Waals surface area contributed by atoms with E-state index in [4.69, 9.17) is 16.3 Å². The second-order valence-electron chi connectivity index (χ2n) is 4.58. The van der Waals surface area contributed by atoms with Crippen molar-refractivity contribution in [1.82, 2.24) is 0 Å². The zero-order valence-electron chi connectivity index (χ0n) is 12.6. The lowest BCUT2D eigenvalue weighted by atomic mass is 10.1. The van der Waals surface area contributed by atoms with E-state index in [2.05, 4.69) is 9.47 Å². The highest BCUT2D eigenvalue weighted by molar-refractivity contribution is 6.41. The summed E-state index contributed by atoms with van der Waals surface area (Å²) in [5, 5.41) is 0.451. The van der Waals surface area contributed by atoms with Crippen molar-refractivity contribution in [3.05, 3.63) is 53.1 Å². The number of ketones is 1. The number of esters is 1. The minimum Gasteiger partial charge on any atom is -0.463 e. The number of halogens is 4. The number of carbonyl (C=O) groups excluding carboxylic acids is 2. The first kappa shape index (κ1) is 18.6. The molecular formula is C16H10ClF3O5. The lowest BCUT2D eigenvalue weighted by Crippen LogP contribution is -2.22. The van der Waals surface area contributed by atoms with Crippen molar-refractivity contribution in [1.29, 1.82) is 0 Å². The first-order valence-corrected chi connectivity index (χ1v) is 7.03. The van der Waals surface area contributed by atoms with Gasteiger partial charge in [-0.15, -0.1) is 13.2 Å². The fraction of sp³-hybridized carbons (Fsp3) is 0.125. The molecule has 0 heterocycles. The van der Waals surface area contributed by atoms with Gasteiger partial charge in [0.2, 0.25) is 0 Å². The molecule has 2 aromatic rings. The van der Waals surface area contributed by atoms with Gasteiger partial charge in [0.25, 0.3) is 5.78 Å². The van der Waals surface area contributed by atoms with Gasteiger partial charge in [0.15, 0.2) is 0 Å². The molecule has 0 radical (unpaired) electrons. The van der Waals surface area contributed by atoms with E-state index < -0.39 is 29.4 Å². The van der Waals surface area contributed by atoms with Gasteiger partial charge in [-0.3, -0.25) is 4.79 Å². The third-order valence-corrected chi connectivity index (χ3v) is 3.10. The van der Waals surface area contributed by atoms with Crippen molar-refractivity contribution >= 4 is 23.4 Å². The molecular weight excluding hydrogens is 365 g/mol. The molecule has 0 saturated carbocycles. The summed E-state index contributed by atoms with van der Waals surface area (Å²) in [6.45, 7) is 0. The van der Waals surface area contributed by atoms with Gasteiger partial charge in [0, 0.05) is 11.1 Å². The van der Waals surface area contributed by atoms with E-state index >= 15 is 0 Å². The molecule has 0 saturated heterocycles. The predicted molar refractivity (Wildman–Crippen MR) is 81.0 cm³/mol. The monoisotopic (exact) mass is 374 g/mol. The summed E-state index contributed by atoms with van der Waals surface area (Å²) in [6.07, 6.45) is -5.07. The van der Waals surface area contributed by atoms with Crippen molar-refractivity contribution in [2.45, 2.75) is 6.36 Å². The Morgan fingerprint density at radius 3 is 2.16 bits per heavy atom. The van der Waals surface area contributed by atoms with Gasteiger partial charge < -0.3 is 14.2 Å². The molecule has 0 aliphatic heterocycles. The predicted octanol–water partition coefficient (Wildman–Crippen LogP) is 4.39. The Kier molecular flexibility index (Phi) is 5.53. The van der Waals surface area contributed by atoms with Crippen LogP contribution in [0.25, 0.3) is 0 Å². The number of rotatable bonds is 5. The molecule has 2 rings (SSSR count). The maximum atomic E-state index is 12.6. The molecule has 0 N–H and O–H groups in total. The number of hydrogen-bond acceptors (Lipinski definition) is 5. The van der Waals surface area contributed by atoms with E-state index in [-0.39, 0.29) is 5.75 Å². The molecule has 0 aromatic heterocycles. The van der Waals surface area contributed by atoms with E-state index in [0.29, 0.717) is 10.8 Å². The van der Waals surface area contributed by atoms with Gasteiger partial charge in [-0.05, 0) is 36.4 Å². The molecule has 2 aromatic carbocycles. The highest BCUT2D eigenvalue weighted by Gasteiger charge is 2.34. The van der Waals surface area contributed by atoms with Crippen LogP contribution in [0, 0.1) is 0 Å². The van der Waals surface area contributed by atoms with Crippen LogP contribution in [0.15, 0.2) is 42.5 Å². The molecule has 0 aliphatic carbocycles. The van der Waals surface area contributed by atoms with Crippen LogP contribution in [-0.4, -0.2) is 25.2 Å². The van der Waals surface area contributed by atoms with Crippen molar-refractivity contribution in [3.8, 4) is 17.2 Å². The molecule has 0 atom stereocenters. The van der Waals surface area contributed by atoms with E-state index in [1.807, 2.05) is 0 Å². The number of benzene rings is 2. The van der Waals surface area contributed by atoms with Gasteiger partial charge in [-0.25, -0.2) is 4.79 Å². The largest absolute Gasteiger partial charge is 0.573 e. The average Bonchev–Trinajstić information content (AvgIpc) is 2.54. The van der Waals surface area contributed by atoms with Crippen LogP contribution in [-0.2, 0) is 9.53 Å². The van der Waals surface area contributed by atoms with Gasteiger partial charge in [-0.2, -0.15) is 0 Å². The summed E-state index contributed by atoms with van der Waals surface area (Å²) in [5.41, 5.74) is -0.604. The summed E-state index contributed by atoms with van der Waals surface area (Å²) >= 11 is 5.73. The maximum Gasteiger partial charge on any atom is 0.573 e. The van der Waals surface area contributed by atoms with Crippen LogP contribution in [0.1, 0.15) is 10.4 Å². The topological polar surface area (TPSA) is 61.8 Å². The number of methoxy groups -OCH3 is 1. The van der Waals surface area contributed by atoms with E-state index in [9.17, 15) is 22.8 Å². The molecule has 0 spiro atoms. The first-order chi connectivity index (χ1) is 11.7. The number of ether oxygens (including phenoxy) is 3. The van der Waals surface area contributed by atoms with Crippen molar-refractivity contribution in [3.63, 3.8) is 0 Å². The van der Waals surface area contributed by atoms with Gasteiger partial charge in [-0.1, -0.05) is 11.6 Å². The molecule has 25 heavy (non-hydrogen) atoms. The Hall–Kier alpha value is -2.74. The van der Waals surface area contributed by atoms with Gasteiger partial charge in [0.1, 0.15) is 17.2 Å². The van der Waals surface area contributed by atoms with Crippen molar-refractivity contribution in [2.24, 2.45) is 0 Å². The molecule has 0 fully saturated rings. The Balaban J connectivity index is 2.37. The normalized spacial score (nSPS) is 10.9. The Morgan fingerprint density at radius 1 is 1.00 bits per heavy atom. The highest BCUT2D eigenvalue weighted by atomic mass is 35.5. The molecule has 9 heteroatoms. The molecule has 0 bridgehead atoms.